The maximum Gasteiger partial charge on any atom is 0.328 e. The minimum absolute atomic E-state index is 0.437. The first-order chi connectivity index (χ1) is 18.6. The van der Waals surface area contributed by atoms with Gasteiger partial charge in [0.05, 0.1) is 5.30 Å². The predicted octanol–water partition coefficient (Wildman–Crippen LogP) is 10.1. The Morgan fingerprint density at radius 3 is 1.37 bits per heavy atom. The van der Waals surface area contributed by atoms with Gasteiger partial charge in [0.25, 0.3) is 0 Å². The van der Waals surface area contributed by atoms with Crippen molar-refractivity contribution in [2.75, 3.05) is 4.67 Å². The molecule has 3 nitrogen and oxygen atoms in total. The molecule has 1 unspecified atom stereocenters. The molecule has 0 saturated heterocycles. The molecule has 0 radical (unpaired) electrons. The molecule has 0 fully saturated rings. The van der Waals surface area contributed by atoms with Crippen molar-refractivity contribution < 1.29 is 9.46 Å². The molecule has 38 heavy (non-hydrogen) atoms. The van der Waals surface area contributed by atoms with Crippen molar-refractivity contribution in [1.29, 1.82) is 0 Å². The highest BCUT2D eigenvalue weighted by Gasteiger charge is 2.32. The van der Waals surface area contributed by atoms with E-state index < -0.39 is 7.52 Å². The van der Waals surface area contributed by atoms with E-state index in [1.807, 2.05) is 42.5 Å². The van der Waals surface area contributed by atoms with Crippen LogP contribution in [0.25, 0.3) is 0 Å². The van der Waals surface area contributed by atoms with Gasteiger partial charge in [0.15, 0.2) is 0 Å². The van der Waals surface area contributed by atoms with E-state index in [1.54, 1.807) is 16.8 Å². The van der Waals surface area contributed by atoms with E-state index in [9.17, 15) is 9.46 Å². The first-order valence-electron chi connectivity index (χ1n) is 14.9. The zero-order valence-corrected chi connectivity index (χ0v) is 24.5. The summed E-state index contributed by atoms with van der Waals surface area (Å²) in [7, 11) is -3.87. The molecular weight excluding hydrogens is 485 g/mol. The smallest absolute Gasteiger partial charge is 0.326 e. The maximum atomic E-state index is 14.0. The first kappa shape index (κ1) is 30.2. The van der Waals surface area contributed by atoms with Gasteiger partial charge in [0.1, 0.15) is 0 Å². The summed E-state index contributed by atoms with van der Waals surface area (Å²) in [5.74, 6) is 0. The fraction of sp³-hybridized carbons (Fsp3) is 0.471. The summed E-state index contributed by atoms with van der Waals surface area (Å²) in [5, 5.41) is 0.437. The van der Waals surface area contributed by atoms with Crippen molar-refractivity contribution >= 4 is 24.2 Å². The summed E-state index contributed by atoms with van der Waals surface area (Å²) < 4.78 is 15.6. The van der Waals surface area contributed by atoms with Gasteiger partial charge in [0.2, 0.25) is 0 Å². The summed E-state index contributed by atoms with van der Waals surface area (Å²) in [5.41, 5.74) is 4.06. The molecule has 3 rings (SSSR count). The van der Waals surface area contributed by atoms with E-state index in [-0.39, 0.29) is 0 Å². The SMILES string of the molecule is CCCCCCCCc1ccc(N(c2ccc(CCCCCCCC)cc2)P(=O)(O)c2ccccc2)cc1. The molecule has 4 heteroatoms. The Balaban J connectivity index is 1.73. The Morgan fingerprint density at radius 2 is 0.947 bits per heavy atom. The summed E-state index contributed by atoms with van der Waals surface area (Å²) in [6.07, 6.45) is 17.5. The van der Waals surface area contributed by atoms with Crippen molar-refractivity contribution in [2.45, 2.75) is 104 Å². The fourth-order valence-corrected chi connectivity index (χ4v) is 6.71. The van der Waals surface area contributed by atoms with Crippen LogP contribution in [0.2, 0.25) is 0 Å². The second kappa shape index (κ2) is 16.6. The molecule has 0 heterocycles. The van der Waals surface area contributed by atoms with E-state index in [4.69, 9.17) is 0 Å². The summed E-state index contributed by atoms with van der Waals surface area (Å²) in [6, 6.07) is 25.5. The average Bonchev–Trinajstić information content (AvgIpc) is 2.94. The Morgan fingerprint density at radius 1 is 0.553 bits per heavy atom. The van der Waals surface area contributed by atoms with E-state index in [0.717, 1.165) is 24.2 Å². The number of unbranched alkanes of at least 4 members (excludes halogenated alkanes) is 10. The van der Waals surface area contributed by atoms with E-state index in [0.29, 0.717) is 5.30 Å². The molecule has 0 amide bonds. The van der Waals surface area contributed by atoms with Gasteiger partial charge in [-0.15, -0.1) is 0 Å². The highest BCUT2D eigenvalue weighted by Crippen LogP contribution is 2.52. The van der Waals surface area contributed by atoms with Crippen LogP contribution in [0.3, 0.4) is 0 Å². The van der Waals surface area contributed by atoms with Gasteiger partial charge >= 0.3 is 7.52 Å². The predicted molar refractivity (Wildman–Crippen MR) is 165 cm³/mol. The van der Waals surface area contributed by atoms with Crippen LogP contribution >= 0.6 is 7.52 Å². The number of aryl methyl sites for hydroxylation is 2. The molecule has 0 aliphatic heterocycles. The molecule has 0 spiro atoms. The third-order valence-electron chi connectivity index (χ3n) is 7.36. The van der Waals surface area contributed by atoms with Crippen molar-refractivity contribution in [3.63, 3.8) is 0 Å². The van der Waals surface area contributed by atoms with Gasteiger partial charge in [-0.05, 0) is 73.2 Å². The zero-order chi connectivity index (χ0) is 27.1. The standard InChI is InChI=1S/C34H48NO2P/c1-3-5-7-9-11-14-18-30-22-26-32(27-23-30)35(38(36,37)34-20-16-13-17-21-34)33-28-24-31(25-29-33)19-15-12-10-8-6-4-2/h13,16-17,20-29H,3-12,14-15,18-19H2,1-2H3,(H,36,37). The molecule has 0 bridgehead atoms. The average molecular weight is 534 g/mol. The number of nitrogens with zero attached hydrogens (tertiary/aromatic N) is 1. The molecular formula is C34H48NO2P. The van der Waals surface area contributed by atoms with Gasteiger partial charge in [-0.1, -0.05) is 121 Å². The van der Waals surface area contributed by atoms with E-state index in [2.05, 4.69) is 38.1 Å². The van der Waals surface area contributed by atoms with Gasteiger partial charge < -0.3 is 4.89 Å². The number of hydrogen-bond acceptors (Lipinski definition) is 1. The Bertz CT molecular complexity index is 1020. The summed E-state index contributed by atoms with van der Waals surface area (Å²) in [6.45, 7) is 4.50. The third-order valence-corrected chi connectivity index (χ3v) is 9.34. The van der Waals surface area contributed by atoms with Crippen LogP contribution in [-0.2, 0) is 17.4 Å². The van der Waals surface area contributed by atoms with Crippen LogP contribution < -0.4 is 9.97 Å². The Kier molecular flexibility index (Phi) is 13.2. The molecule has 1 atom stereocenters. The molecule has 1 N–H and O–H groups in total. The van der Waals surface area contributed by atoms with Crippen molar-refractivity contribution in [1.82, 2.24) is 0 Å². The lowest BCUT2D eigenvalue weighted by Crippen LogP contribution is -2.21. The van der Waals surface area contributed by atoms with E-state index in [1.165, 1.54) is 88.2 Å². The van der Waals surface area contributed by atoms with Crippen molar-refractivity contribution in [3.8, 4) is 0 Å². The molecule has 3 aromatic rings. The highest BCUT2D eigenvalue weighted by atomic mass is 31.2. The summed E-state index contributed by atoms with van der Waals surface area (Å²) >= 11 is 0. The van der Waals surface area contributed by atoms with Gasteiger partial charge in [-0.2, -0.15) is 0 Å². The molecule has 206 valence electrons. The van der Waals surface area contributed by atoms with Crippen LogP contribution in [0.1, 0.15) is 102 Å². The molecule has 0 aliphatic rings. The van der Waals surface area contributed by atoms with Gasteiger partial charge in [-0.3, -0.25) is 9.24 Å². The number of hydrogen-bond donors (Lipinski definition) is 1. The van der Waals surface area contributed by atoms with Crippen LogP contribution in [-0.4, -0.2) is 4.89 Å². The quantitative estimate of drug-likeness (QED) is 0.131. The van der Waals surface area contributed by atoms with Crippen LogP contribution in [0.15, 0.2) is 78.9 Å². The van der Waals surface area contributed by atoms with Gasteiger partial charge in [-0.25, -0.2) is 0 Å². The normalized spacial score (nSPS) is 12.8. The maximum absolute atomic E-state index is 14.0. The molecule has 0 aromatic heterocycles. The molecule has 0 saturated carbocycles. The second-order valence-electron chi connectivity index (χ2n) is 10.6. The van der Waals surface area contributed by atoms with Crippen LogP contribution in [0.4, 0.5) is 11.4 Å². The van der Waals surface area contributed by atoms with Crippen LogP contribution in [0.5, 0.6) is 0 Å². The lowest BCUT2D eigenvalue weighted by molar-refractivity contribution is 0.490. The lowest BCUT2D eigenvalue weighted by atomic mass is 10.0. The van der Waals surface area contributed by atoms with Crippen molar-refractivity contribution in [3.05, 3.63) is 90.0 Å². The molecule has 0 aliphatic carbocycles. The number of rotatable bonds is 18. The highest BCUT2D eigenvalue weighted by molar-refractivity contribution is 7.68. The monoisotopic (exact) mass is 533 g/mol. The Labute approximate surface area is 231 Å². The van der Waals surface area contributed by atoms with Gasteiger partial charge in [0, 0.05) is 11.4 Å². The lowest BCUT2D eigenvalue weighted by Gasteiger charge is -2.30. The van der Waals surface area contributed by atoms with E-state index >= 15 is 0 Å². The topological polar surface area (TPSA) is 40.5 Å². The number of anilines is 2. The fourth-order valence-electron chi connectivity index (χ4n) is 5.03. The zero-order valence-electron chi connectivity index (χ0n) is 23.7. The molecule has 3 aromatic carbocycles. The minimum Gasteiger partial charge on any atom is -0.326 e. The van der Waals surface area contributed by atoms with Crippen LogP contribution in [0, 0.1) is 0 Å². The largest absolute Gasteiger partial charge is 0.328 e. The van der Waals surface area contributed by atoms with Crippen molar-refractivity contribution in [2.24, 2.45) is 0 Å². The first-order valence-corrected chi connectivity index (χ1v) is 16.5. The summed E-state index contributed by atoms with van der Waals surface area (Å²) in [4.78, 5) is 11.5. The Hall–Kier alpha value is -2.35. The minimum atomic E-state index is -3.87. The second-order valence-corrected chi connectivity index (χ2v) is 12.6. The number of benzene rings is 3. The third kappa shape index (κ3) is 9.44.